The van der Waals surface area contributed by atoms with Crippen molar-refractivity contribution in [2.24, 2.45) is 0 Å². The predicted octanol–water partition coefficient (Wildman–Crippen LogP) is 3.32. The van der Waals surface area contributed by atoms with E-state index in [0.29, 0.717) is 12.0 Å². The standard InChI is InChI=1S/C20H14N4Se/c21-19-18-17(22-12-24(19)11-13-6-2-1-3-7-13)15-10-14-8-4-5-9-16(14)23-20(15)25-18/h1-10,12,21H,11H2. The molecule has 0 bridgehead atoms. The topological polar surface area (TPSA) is 54.6 Å². The van der Waals surface area contributed by atoms with Crippen molar-refractivity contribution in [3.05, 3.63) is 78.0 Å². The van der Waals surface area contributed by atoms with Gasteiger partial charge in [0, 0.05) is 0 Å². The summed E-state index contributed by atoms with van der Waals surface area (Å²) in [6.07, 6.45) is 1.79. The number of rotatable bonds is 2. The molecule has 0 spiro atoms. The number of aromatic nitrogens is 3. The Labute approximate surface area is 149 Å². The van der Waals surface area contributed by atoms with Crippen LogP contribution >= 0.6 is 0 Å². The van der Waals surface area contributed by atoms with Crippen molar-refractivity contribution in [2.45, 2.75) is 6.54 Å². The Balaban J connectivity index is 1.74. The van der Waals surface area contributed by atoms with Gasteiger partial charge in [-0.05, 0) is 0 Å². The molecule has 0 aliphatic rings. The normalized spacial score (nSPS) is 11.5. The van der Waals surface area contributed by atoms with Crippen LogP contribution in [0.1, 0.15) is 5.56 Å². The summed E-state index contributed by atoms with van der Waals surface area (Å²) in [7, 11) is 0. The van der Waals surface area contributed by atoms with Crippen LogP contribution in [0.5, 0.6) is 0 Å². The summed E-state index contributed by atoms with van der Waals surface area (Å²) < 4.78 is 4.03. The number of benzene rings is 2. The molecular formula is C20H14N4Se. The third kappa shape index (κ3) is 2.40. The SMILES string of the molecule is N=c1c2[se]c3nc4ccccc4cc3c2ncn1Cc1ccccc1. The van der Waals surface area contributed by atoms with Gasteiger partial charge in [-0.3, -0.25) is 0 Å². The molecule has 0 amide bonds. The summed E-state index contributed by atoms with van der Waals surface area (Å²) >= 11 is 0.0263. The molecule has 0 radical (unpaired) electrons. The first-order chi connectivity index (χ1) is 12.3. The quantitative estimate of drug-likeness (QED) is 0.471. The van der Waals surface area contributed by atoms with Crippen LogP contribution in [0.25, 0.3) is 30.5 Å². The maximum atomic E-state index is 8.64. The van der Waals surface area contributed by atoms with E-state index in [4.69, 9.17) is 10.4 Å². The van der Waals surface area contributed by atoms with Gasteiger partial charge in [0.15, 0.2) is 0 Å². The molecule has 0 unspecified atom stereocenters. The Morgan fingerprint density at radius 2 is 1.80 bits per heavy atom. The van der Waals surface area contributed by atoms with Crippen molar-refractivity contribution in [3.8, 4) is 0 Å². The van der Waals surface area contributed by atoms with Crippen molar-refractivity contribution in [1.82, 2.24) is 14.5 Å². The number of nitrogens with zero attached hydrogens (tertiary/aromatic N) is 3. The first-order valence-electron chi connectivity index (χ1n) is 8.05. The first-order valence-corrected chi connectivity index (χ1v) is 9.77. The maximum absolute atomic E-state index is 8.64. The zero-order chi connectivity index (χ0) is 16.8. The van der Waals surface area contributed by atoms with Gasteiger partial charge in [0.25, 0.3) is 0 Å². The Bertz CT molecular complexity index is 1290. The van der Waals surface area contributed by atoms with Crippen molar-refractivity contribution < 1.29 is 0 Å². The minimum atomic E-state index is 0.0263. The van der Waals surface area contributed by atoms with Crippen molar-refractivity contribution in [2.75, 3.05) is 0 Å². The fourth-order valence-corrected chi connectivity index (χ4v) is 5.38. The molecule has 1 N–H and O–H groups in total. The van der Waals surface area contributed by atoms with Gasteiger partial charge >= 0.3 is 149 Å². The van der Waals surface area contributed by atoms with Crippen LogP contribution in [0.4, 0.5) is 0 Å². The van der Waals surface area contributed by atoms with Gasteiger partial charge in [-0.25, -0.2) is 0 Å². The van der Waals surface area contributed by atoms with Gasteiger partial charge < -0.3 is 0 Å². The van der Waals surface area contributed by atoms with E-state index in [1.54, 1.807) is 6.33 Å². The fraction of sp³-hybridized carbons (Fsp3) is 0.0500. The molecule has 5 heteroatoms. The Morgan fingerprint density at radius 3 is 2.68 bits per heavy atom. The van der Waals surface area contributed by atoms with E-state index in [-0.39, 0.29) is 14.5 Å². The second-order valence-electron chi connectivity index (χ2n) is 6.02. The number of pyridine rings is 1. The van der Waals surface area contributed by atoms with Gasteiger partial charge in [0.05, 0.1) is 0 Å². The molecule has 25 heavy (non-hydrogen) atoms. The predicted molar refractivity (Wildman–Crippen MR) is 101 cm³/mol. The zero-order valence-corrected chi connectivity index (χ0v) is 15.0. The summed E-state index contributed by atoms with van der Waals surface area (Å²) in [6, 6.07) is 20.5. The average Bonchev–Trinajstić information content (AvgIpc) is 3.01. The van der Waals surface area contributed by atoms with Gasteiger partial charge in [-0.2, -0.15) is 0 Å². The zero-order valence-electron chi connectivity index (χ0n) is 13.3. The summed E-state index contributed by atoms with van der Waals surface area (Å²) in [4.78, 5) is 9.50. The Hall–Kier alpha value is -2.75. The first kappa shape index (κ1) is 14.6. The molecule has 0 atom stereocenters. The number of nitrogens with one attached hydrogen (secondary N) is 1. The van der Waals surface area contributed by atoms with E-state index in [0.717, 1.165) is 30.5 Å². The number of fused-ring (bicyclic) bond motifs is 4. The van der Waals surface area contributed by atoms with E-state index in [1.165, 1.54) is 5.56 Å². The van der Waals surface area contributed by atoms with Crippen molar-refractivity contribution >= 4 is 45.0 Å². The molecule has 3 aromatic heterocycles. The van der Waals surface area contributed by atoms with Crippen molar-refractivity contribution in [1.29, 1.82) is 5.41 Å². The molecule has 0 aliphatic carbocycles. The molecule has 0 aliphatic heterocycles. The van der Waals surface area contributed by atoms with Gasteiger partial charge in [-0.15, -0.1) is 0 Å². The van der Waals surface area contributed by atoms with Crippen LogP contribution in [0.2, 0.25) is 0 Å². The second-order valence-corrected chi connectivity index (χ2v) is 8.12. The van der Waals surface area contributed by atoms with E-state index < -0.39 is 0 Å². The Kier molecular flexibility index (Phi) is 3.30. The van der Waals surface area contributed by atoms with E-state index >= 15 is 0 Å². The number of para-hydroxylation sites is 1. The minimum absolute atomic E-state index is 0.0263. The number of hydrogen-bond donors (Lipinski definition) is 1. The summed E-state index contributed by atoms with van der Waals surface area (Å²) in [6.45, 7) is 0.668. The van der Waals surface area contributed by atoms with E-state index in [9.17, 15) is 0 Å². The van der Waals surface area contributed by atoms with Crippen LogP contribution in [-0.2, 0) is 6.54 Å². The molecule has 3 heterocycles. The molecule has 5 rings (SSSR count). The summed E-state index contributed by atoms with van der Waals surface area (Å²) in [5.74, 6) is 0. The monoisotopic (exact) mass is 390 g/mol. The fourth-order valence-electron chi connectivity index (χ4n) is 3.12. The molecule has 0 saturated heterocycles. The Morgan fingerprint density at radius 1 is 1.00 bits per heavy atom. The number of hydrogen-bond acceptors (Lipinski definition) is 3. The molecule has 4 nitrogen and oxygen atoms in total. The third-order valence-electron chi connectivity index (χ3n) is 4.38. The van der Waals surface area contributed by atoms with Crippen LogP contribution in [0, 0.1) is 5.41 Å². The third-order valence-corrected chi connectivity index (χ3v) is 6.68. The van der Waals surface area contributed by atoms with Gasteiger partial charge in [0.2, 0.25) is 0 Å². The molecular weight excluding hydrogens is 375 g/mol. The molecule has 0 fully saturated rings. The van der Waals surface area contributed by atoms with E-state index in [1.807, 2.05) is 41.0 Å². The molecule has 2 aromatic carbocycles. The summed E-state index contributed by atoms with van der Waals surface area (Å²) in [5, 5.41) is 10.9. The van der Waals surface area contributed by atoms with Gasteiger partial charge in [0.1, 0.15) is 0 Å². The van der Waals surface area contributed by atoms with Crippen molar-refractivity contribution in [3.63, 3.8) is 0 Å². The van der Waals surface area contributed by atoms with E-state index in [2.05, 4.69) is 29.2 Å². The second kappa shape index (κ2) is 5.66. The van der Waals surface area contributed by atoms with Crippen LogP contribution in [-0.4, -0.2) is 29.0 Å². The summed E-state index contributed by atoms with van der Waals surface area (Å²) in [5.41, 5.74) is 3.67. The van der Waals surface area contributed by atoms with Crippen LogP contribution in [0.15, 0.2) is 67.0 Å². The molecule has 120 valence electrons. The average molecular weight is 389 g/mol. The molecule has 5 aromatic rings. The van der Waals surface area contributed by atoms with Crippen LogP contribution < -0.4 is 5.49 Å². The van der Waals surface area contributed by atoms with Crippen LogP contribution in [0.3, 0.4) is 0 Å². The van der Waals surface area contributed by atoms with Gasteiger partial charge in [-0.1, -0.05) is 0 Å². The molecule has 0 saturated carbocycles.